The average Bonchev–Trinajstić information content (AvgIpc) is 2.75. The summed E-state index contributed by atoms with van der Waals surface area (Å²) in [4.78, 5) is 18.6. The lowest BCUT2D eigenvalue weighted by Crippen LogP contribution is -2.01. The van der Waals surface area contributed by atoms with Gasteiger partial charge in [-0.25, -0.2) is 14.8 Å². The molecule has 0 saturated carbocycles. The molecule has 0 amide bonds. The van der Waals surface area contributed by atoms with E-state index in [1.54, 1.807) is 12.1 Å². The Kier molecular flexibility index (Phi) is 3.04. The first-order valence-electron chi connectivity index (χ1n) is 4.99. The second-order valence-electron chi connectivity index (χ2n) is 3.47. The van der Waals surface area contributed by atoms with E-state index in [1.807, 2.05) is 6.92 Å². The Morgan fingerprint density at radius 1 is 1.47 bits per heavy atom. The van der Waals surface area contributed by atoms with Crippen LogP contribution in [0, 0.1) is 6.92 Å². The van der Waals surface area contributed by atoms with Gasteiger partial charge in [0, 0.05) is 11.8 Å². The molecule has 2 aromatic heterocycles. The van der Waals surface area contributed by atoms with Gasteiger partial charge in [-0.1, -0.05) is 0 Å². The van der Waals surface area contributed by atoms with E-state index in [4.69, 9.17) is 9.52 Å². The van der Waals surface area contributed by atoms with E-state index >= 15 is 0 Å². The molecule has 2 aromatic rings. The van der Waals surface area contributed by atoms with Crippen LogP contribution in [0.2, 0.25) is 0 Å². The maximum Gasteiger partial charge on any atom is 0.371 e. The number of rotatable bonds is 4. The zero-order valence-electron chi connectivity index (χ0n) is 9.17. The van der Waals surface area contributed by atoms with Crippen molar-refractivity contribution in [2.75, 3.05) is 5.32 Å². The highest BCUT2D eigenvalue weighted by atomic mass is 16.4. The third-order valence-corrected chi connectivity index (χ3v) is 2.12. The summed E-state index contributed by atoms with van der Waals surface area (Å²) in [5.41, 5.74) is 0.855. The van der Waals surface area contributed by atoms with Crippen molar-refractivity contribution in [1.82, 2.24) is 9.97 Å². The number of aromatic carboxylic acids is 1. The summed E-state index contributed by atoms with van der Waals surface area (Å²) >= 11 is 0. The van der Waals surface area contributed by atoms with Crippen LogP contribution >= 0.6 is 0 Å². The van der Waals surface area contributed by atoms with Gasteiger partial charge >= 0.3 is 5.97 Å². The van der Waals surface area contributed by atoms with E-state index in [0.29, 0.717) is 18.1 Å². The summed E-state index contributed by atoms with van der Waals surface area (Å²) in [6.45, 7) is 2.24. The maximum atomic E-state index is 10.6. The van der Waals surface area contributed by atoms with E-state index in [9.17, 15) is 4.79 Å². The molecule has 6 heteroatoms. The van der Waals surface area contributed by atoms with Crippen molar-refractivity contribution in [2.24, 2.45) is 0 Å². The number of aryl methyl sites for hydroxylation is 1. The highest BCUT2D eigenvalue weighted by molar-refractivity contribution is 5.84. The largest absolute Gasteiger partial charge is 0.475 e. The minimum Gasteiger partial charge on any atom is -0.475 e. The number of aromatic nitrogens is 2. The number of nitrogens with zero attached hydrogens (tertiary/aromatic N) is 2. The van der Waals surface area contributed by atoms with Crippen molar-refractivity contribution in [3.05, 3.63) is 41.7 Å². The van der Waals surface area contributed by atoms with Gasteiger partial charge in [-0.15, -0.1) is 0 Å². The van der Waals surface area contributed by atoms with Crippen LogP contribution in [0.4, 0.5) is 5.82 Å². The van der Waals surface area contributed by atoms with Crippen LogP contribution in [-0.2, 0) is 6.54 Å². The predicted molar refractivity (Wildman–Crippen MR) is 59.8 cm³/mol. The number of hydrogen-bond donors (Lipinski definition) is 2. The number of carbonyl (C=O) groups is 1. The van der Waals surface area contributed by atoms with Gasteiger partial charge in [0.1, 0.15) is 17.9 Å². The molecule has 0 saturated heterocycles. The predicted octanol–water partition coefficient (Wildman–Crippen LogP) is 1.69. The van der Waals surface area contributed by atoms with Crippen LogP contribution in [0.5, 0.6) is 0 Å². The Hall–Kier alpha value is -2.37. The standard InChI is InChI=1S/C11H11N3O3/c1-7-4-10(14-6-13-7)12-5-8-2-3-9(17-8)11(15)16/h2-4,6H,5H2,1H3,(H,15,16)(H,12,13,14). The SMILES string of the molecule is Cc1cc(NCc2ccc(C(=O)O)o2)ncn1. The minimum absolute atomic E-state index is 0.0688. The van der Waals surface area contributed by atoms with E-state index in [1.165, 1.54) is 12.4 Å². The molecule has 0 aliphatic carbocycles. The van der Waals surface area contributed by atoms with Crippen LogP contribution in [0.15, 0.2) is 28.9 Å². The van der Waals surface area contributed by atoms with Crippen LogP contribution in [0.3, 0.4) is 0 Å². The van der Waals surface area contributed by atoms with Crippen molar-refractivity contribution in [3.63, 3.8) is 0 Å². The molecule has 2 heterocycles. The van der Waals surface area contributed by atoms with Gasteiger partial charge in [0.25, 0.3) is 0 Å². The number of carboxylic acids is 1. The molecular weight excluding hydrogens is 222 g/mol. The number of hydrogen-bond acceptors (Lipinski definition) is 5. The first kappa shape index (κ1) is 11.1. The average molecular weight is 233 g/mol. The molecule has 0 unspecified atom stereocenters. The van der Waals surface area contributed by atoms with Gasteiger partial charge in [-0.2, -0.15) is 0 Å². The second-order valence-corrected chi connectivity index (χ2v) is 3.47. The van der Waals surface area contributed by atoms with Gasteiger partial charge in [0.2, 0.25) is 5.76 Å². The van der Waals surface area contributed by atoms with Crippen LogP contribution in [0.25, 0.3) is 0 Å². The zero-order chi connectivity index (χ0) is 12.3. The number of anilines is 1. The van der Waals surface area contributed by atoms with Gasteiger partial charge in [-0.05, 0) is 19.1 Å². The van der Waals surface area contributed by atoms with Crippen molar-refractivity contribution in [2.45, 2.75) is 13.5 Å². The summed E-state index contributed by atoms with van der Waals surface area (Å²) in [7, 11) is 0. The Bertz CT molecular complexity index is 536. The Balaban J connectivity index is 2.00. The summed E-state index contributed by atoms with van der Waals surface area (Å²) in [6.07, 6.45) is 1.46. The molecule has 17 heavy (non-hydrogen) atoms. The van der Waals surface area contributed by atoms with Gasteiger partial charge in [-0.3, -0.25) is 0 Å². The number of carboxylic acid groups (broad SMARTS) is 1. The highest BCUT2D eigenvalue weighted by Gasteiger charge is 2.08. The first-order chi connectivity index (χ1) is 8.15. The molecule has 0 aromatic carbocycles. The van der Waals surface area contributed by atoms with Crippen molar-refractivity contribution in [3.8, 4) is 0 Å². The van der Waals surface area contributed by atoms with Crippen molar-refractivity contribution in [1.29, 1.82) is 0 Å². The lowest BCUT2D eigenvalue weighted by molar-refractivity contribution is 0.0660. The van der Waals surface area contributed by atoms with Gasteiger partial charge in [0.05, 0.1) is 6.54 Å². The summed E-state index contributed by atoms with van der Waals surface area (Å²) in [5, 5.41) is 11.7. The molecule has 0 fully saturated rings. The topological polar surface area (TPSA) is 88.2 Å². The second kappa shape index (κ2) is 4.65. The lowest BCUT2D eigenvalue weighted by Gasteiger charge is -2.03. The van der Waals surface area contributed by atoms with E-state index in [-0.39, 0.29) is 5.76 Å². The van der Waals surface area contributed by atoms with Crippen molar-refractivity contribution >= 4 is 11.8 Å². The molecule has 6 nitrogen and oxygen atoms in total. The van der Waals surface area contributed by atoms with Gasteiger partial charge in [0.15, 0.2) is 0 Å². The molecule has 0 aliphatic rings. The molecule has 2 N–H and O–H groups in total. The third-order valence-electron chi connectivity index (χ3n) is 2.12. The van der Waals surface area contributed by atoms with Crippen LogP contribution < -0.4 is 5.32 Å². The van der Waals surface area contributed by atoms with Gasteiger partial charge < -0.3 is 14.8 Å². The molecule has 0 bridgehead atoms. The van der Waals surface area contributed by atoms with E-state index in [0.717, 1.165) is 5.69 Å². The van der Waals surface area contributed by atoms with Crippen molar-refractivity contribution < 1.29 is 14.3 Å². The van der Waals surface area contributed by atoms with Crippen LogP contribution in [0.1, 0.15) is 22.0 Å². The molecule has 0 aliphatic heterocycles. The summed E-state index contributed by atoms with van der Waals surface area (Å²) in [5.74, 6) is 0.0687. The Morgan fingerprint density at radius 2 is 2.29 bits per heavy atom. The fourth-order valence-electron chi connectivity index (χ4n) is 1.32. The molecule has 0 spiro atoms. The third kappa shape index (κ3) is 2.81. The smallest absolute Gasteiger partial charge is 0.371 e. The summed E-state index contributed by atoms with van der Waals surface area (Å²) in [6, 6.07) is 4.83. The summed E-state index contributed by atoms with van der Waals surface area (Å²) < 4.78 is 5.09. The fraction of sp³-hybridized carbons (Fsp3) is 0.182. The minimum atomic E-state index is -1.07. The number of furan rings is 1. The maximum absolute atomic E-state index is 10.6. The molecule has 2 rings (SSSR count). The quantitative estimate of drug-likeness (QED) is 0.835. The normalized spacial score (nSPS) is 10.2. The monoisotopic (exact) mass is 233 g/mol. The first-order valence-corrected chi connectivity index (χ1v) is 4.99. The molecule has 0 atom stereocenters. The lowest BCUT2D eigenvalue weighted by atomic mass is 10.4. The zero-order valence-corrected chi connectivity index (χ0v) is 9.17. The van der Waals surface area contributed by atoms with E-state index < -0.39 is 5.97 Å². The molecular formula is C11H11N3O3. The molecule has 88 valence electrons. The number of nitrogens with one attached hydrogen (secondary N) is 1. The Labute approximate surface area is 97.3 Å². The fourth-order valence-corrected chi connectivity index (χ4v) is 1.32. The van der Waals surface area contributed by atoms with Crippen LogP contribution in [-0.4, -0.2) is 21.0 Å². The highest BCUT2D eigenvalue weighted by Crippen LogP contribution is 2.10. The Morgan fingerprint density at radius 3 is 2.94 bits per heavy atom. The van der Waals surface area contributed by atoms with E-state index in [2.05, 4.69) is 15.3 Å². The molecule has 0 radical (unpaired) electrons.